The maximum Gasteiger partial charge on any atom is 0.330 e. The van der Waals surface area contributed by atoms with Crippen molar-refractivity contribution >= 4 is 17.6 Å². The highest BCUT2D eigenvalue weighted by atomic mass is 35.5. The molecule has 0 bridgehead atoms. The smallest absolute Gasteiger partial charge is 0.330 e. The van der Waals surface area contributed by atoms with Crippen LogP contribution in [0, 0.1) is 0 Å². The van der Waals surface area contributed by atoms with Gasteiger partial charge in [0.1, 0.15) is 0 Å². The van der Waals surface area contributed by atoms with Gasteiger partial charge in [-0.1, -0.05) is 30.3 Å². The van der Waals surface area contributed by atoms with E-state index in [0.29, 0.717) is 11.6 Å². The first kappa shape index (κ1) is 14.5. The first-order valence-electron chi connectivity index (χ1n) is 4.88. The van der Waals surface area contributed by atoms with Crippen molar-refractivity contribution in [3.63, 3.8) is 0 Å². The highest BCUT2D eigenvalue weighted by Gasteiger charge is 1.93. The van der Waals surface area contributed by atoms with E-state index in [-0.39, 0.29) is 5.97 Å². The largest absolute Gasteiger partial charge is 0.463 e. The molecule has 0 aromatic rings. The molecule has 2 nitrogen and oxygen atoms in total. The van der Waals surface area contributed by atoms with Gasteiger partial charge in [-0.15, -0.1) is 5.73 Å². The summed E-state index contributed by atoms with van der Waals surface area (Å²) in [6.45, 7) is 7.40. The van der Waals surface area contributed by atoms with Crippen LogP contribution in [0.5, 0.6) is 0 Å². The molecule has 0 unspecified atom stereocenters. The Morgan fingerprint density at radius 1 is 1.38 bits per heavy atom. The number of esters is 1. The summed E-state index contributed by atoms with van der Waals surface area (Å²) in [6, 6.07) is 0. The summed E-state index contributed by atoms with van der Waals surface area (Å²) < 4.78 is 4.75. The molecule has 0 atom stereocenters. The van der Waals surface area contributed by atoms with Crippen LogP contribution in [0.4, 0.5) is 0 Å². The lowest BCUT2D eigenvalue weighted by Crippen LogP contribution is -1.98. The van der Waals surface area contributed by atoms with E-state index >= 15 is 0 Å². The van der Waals surface area contributed by atoms with Crippen LogP contribution < -0.4 is 0 Å². The fourth-order valence-corrected chi connectivity index (χ4v) is 0.894. The Morgan fingerprint density at radius 2 is 2.00 bits per heavy atom. The topological polar surface area (TPSA) is 26.3 Å². The van der Waals surface area contributed by atoms with Crippen LogP contribution in [0.1, 0.15) is 13.8 Å². The van der Waals surface area contributed by atoms with Crippen molar-refractivity contribution in [2.45, 2.75) is 13.8 Å². The third-order valence-corrected chi connectivity index (χ3v) is 1.88. The number of hydrogen-bond donors (Lipinski definition) is 0. The molecule has 0 fully saturated rings. The number of allylic oxidation sites excluding steroid dienone is 6. The van der Waals surface area contributed by atoms with Gasteiger partial charge < -0.3 is 4.74 Å². The minimum absolute atomic E-state index is 0.361. The van der Waals surface area contributed by atoms with Crippen molar-refractivity contribution in [1.82, 2.24) is 0 Å². The lowest BCUT2D eigenvalue weighted by molar-refractivity contribution is -0.137. The second kappa shape index (κ2) is 8.78. The quantitative estimate of drug-likeness (QED) is 0.317. The van der Waals surface area contributed by atoms with E-state index in [4.69, 9.17) is 16.3 Å². The molecule has 16 heavy (non-hydrogen) atoms. The van der Waals surface area contributed by atoms with Gasteiger partial charge in [-0.25, -0.2) is 4.79 Å². The van der Waals surface area contributed by atoms with Crippen LogP contribution in [-0.4, -0.2) is 12.6 Å². The molecule has 0 spiro atoms. The first-order valence-corrected chi connectivity index (χ1v) is 5.26. The summed E-state index contributed by atoms with van der Waals surface area (Å²) in [7, 11) is 0. The Labute approximate surface area is 101 Å². The summed E-state index contributed by atoms with van der Waals surface area (Å²) in [6.07, 6.45) is 8.28. The molecule has 3 heteroatoms. The Morgan fingerprint density at radius 3 is 2.50 bits per heavy atom. The van der Waals surface area contributed by atoms with Crippen molar-refractivity contribution < 1.29 is 9.53 Å². The van der Waals surface area contributed by atoms with Crippen LogP contribution >= 0.6 is 11.6 Å². The van der Waals surface area contributed by atoms with Gasteiger partial charge in [0.15, 0.2) is 0 Å². The Bertz CT molecular complexity index is 369. The maximum atomic E-state index is 11.0. The lowest BCUT2D eigenvalue weighted by atomic mass is 10.2. The highest BCUT2D eigenvalue weighted by Crippen LogP contribution is 2.05. The summed E-state index contributed by atoms with van der Waals surface area (Å²) in [5.41, 5.74) is 3.38. The van der Waals surface area contributed by atoms with Crippen LogP contribution in [0.15, 0.2) is 53.3 Å². The fraction of sp³-hybridized carbons (Fsp3) is 0.231. The van der Waals surface area contributed by atoms with Gasteiger partial charge in [-0.05, 0) is 31.6 Å². The van der Waals surface area contributed by atoms with Crippen LogP contribution in [-0.2, 0) is 9.53 Å². The van der Waals surface area contributed by atoms with Crippen LogP contribution in [0.2, 0.25) is 0 Å². The Kier molecular flexibility index (Phi) is 7.96. The third-order valence-electron chi connectivity index (χ3n) is 1.62. The number of halogens is 1. The van der Waals surface area contributed by atoms with Gasteiger partial charge in [0, 0.05) is 6.08 Å². The average molecular weight is 239 g/mol. The molecular formula is C13H15ClO2. The van der Waals surface area contributed by atoms with E-state index in [1.807, 2.05) is 13.0 Å². The van der Waals surface area contributed by atoms with Crippen LogP contribution in [0.25, 0.3) is 0 Å². The fourth-order valence-electron chi connectivity index (χ4n) is 0.831. The zero-order chi connectivity index (χ0) is 12.4. The first-order chi connectivity index (χ1) is 7.63. The van der Waals surface area contributed by atoms with E-state index in [0.717, 1.165) is 5.57 Å². The van der Waals surface area contributed by atoms with Crippen molar-refractivity contribution in [1.29, 1.82) is 0 Å². The van der Waals surface area contributed by atoms with Gasteiger partial charge in [0.2, 0.25) is 0 Å². The summed E-state index contributed by atoms with van der Waals surface area (Å²) in [4.78, 5) is 11.0. The van der Waals surface area contributed by atoms with E-state index in [1.54, 1.807) is 25.2 Å². The molecular weight excluding hydrogens is 224 g/mol. The maximum absolute atomic E-state index is 11.0. The Balaban J connectivity index is 4.50. The van der Waals surface area contributed by atoms with Crippen molar-refractivity contribution in [2.75, 3.05) is 6.61 Å². The molecule has 0 heterocycles. The van der Waals surface area contributed by atoms with Crippen LogP contribution in [0.3, 0.4) is 0 Å². The predicted molar refractivity (Wildman–Crippen MR) is 67.2 cm³/mol. The van der Waals surface area contributed by atoms with Crippen molar-refractivity contribution in [3.8, 4) is 0 Å². The third kappa shape index (κ3) is 6.88. The van der Waals surface area contributed by atoms with E-state index in [9.17, 15) is 4.79 Å². The summed E-state index contributed by atoms with van der Waals surface area (Å²) >= 11 is 5.69. The van der Waals surface area contributed by atoms with Gasteiger partial charge in [0.25, 0.3) is 0 Å². The molecule has 0 aliphatic rings. The number of carbonyl (C=O) groups is 1. The molecule has 0 N–H and O–H groups in total. The normalized spacial score (nSPS) is 11.8. The molecule has 0 aromatic heterocycles. The molecule has 0 radical (unpaired) electrons. The lowest BCUT2D eigenvalue weighted by Gasteiger charge is -1.95. The SMILES string of the molecule is C=C=C(Cl)\C=C/C(=C\C)/C=C/C(=O)OCC. The number of hydrogen-bond acceptors (Lipinski definition) is 2. The van der Waals surface area contributed by atoms with Gasteiger partial charge in [-0.2, -0.15) is 0 Å². The zero-order valence-corrected chi connectivity index (χ0v) is 10.3. The zero-order valence-electron chi connectivity index (χ0n) is 9.50. The highest BCUT2D eigenvalue weighted by molar-refractivity contribution is 6.31. The minimum Gasteiger partial charge on any atom is -0.463 e. The number of carbonyl (C=O) groups excluding carboxylic acids is 1. The average Bonchev–Trinajstić information content (AvgIpc) is 2.29. The predicted octanol–water partition coefficient (Wildman–Crippen LogP) is 3.52. The molecule has 0 saturated heterocycles. The van der Waals surface area contributed by atoms with Crippen molar-refractivity contribution in [2.24, 2.45) is 0 Å². The van der Waals surface area contributed by atoms with Gasteiger partial charge in [-0.3, -0.25) is 0 Å². The number of ether oxygens (including phenoxy) is 1. The summed E-state index contributed by atoms with van der Waals surface area (Å²) in [5.74, 6) is -0.361. The molecule has 0 aromatic carbocycles. The van der Waals surface area contributed by atoms with Gasteiger partial charge in [0.05, 0.1) is 11.6 Å². The second-order valence-corrected chi connectivity index (χ2v) is 3.14. The molecule has 0 aliphatic carbocycles. The van der Waals surface area contributed by atoms with Crippen molar-refractivity contribution in [3.05, 3.63) is 53.3 Å². The molecule has 0 saturated carbocycles. The monoisotopic (exact) mass is 238 g/mol. The summed E-state index contributed by atoms with van der Waals surface area (Å²) in [5, 5.41) is 0.420. The molecule has 0 amide bonds. The Hall–Kier alpha value is -1.50. The molecule has 86 valence electrons. The van der Waals surface area contributed by atoms with E-state index in [1.165, 1.54) is 6.08 Å². The molecule has 0 rings (SSSR count). The van der Waals surface area contributed by atoms with Gasteiger partial charge >= 0.3 is 5.97 Å². The standard InChI is InChI=1S/C13H15ClO2/c1-4-11(7-9-12(14)5-2)8-10-13(15)16-6-3/h4,7-10H,2,6H2,1,3H3/b9-7-,10-8+,11-4+. The number of rotatable bonds is 5. The molecule has 0 aliphatic heterocycles. The minimum atomic E-state index is -0.361. The van der Waals surface area contributed by atoms with E-state index < -0.39 is 0 Å². The second-order valence-electron chi connectivity index (χ2n) is 2.73. The van der Waals surface area contributed by atoms with E-state index in [2.05, 4.69) is 12.3 Å².